The van der Waals surface area contributed by atoms with Crippen LogP contribution >= 0.6 is 31.9 Å². The van der Waals surface area contributed by atoms with Crippen molar-refractivity contribution >= 4 is 43.8 Å². The first-order chi connectivity index (χ1) is 9.70. The summed E-state index contributed by atoms with van der Waals surface area (Å²) < 4.78 is 10.1. The maximum absolute atomic E-state index is 11.3. The van der Waals surface area contributed by atoms with Crippen LogP contribution in [0.4, 0.5) is 0 Å². The molecule has 0 aromatic rings. The molecule has 20 heavy (non-hydrogen) atoms. The van der Waals surface area contributed by atoms with E-state index >= 15 is 0 Å². The van der Waals surface area contributed by atoms with E-state index in [2.05, 4.69) is 31.9 Å². The average molecular weight is 416 g/mol. The minimum Gasteiger partial charge on any atom is -0.466 e. The zero-order valence-corrected chi connectivity index (χ0v) is 15.0. The van der Waals surface area contributed by atoms with E-state index < -0.39 is 0 Å². The number of halogens is 2. The molecule has 0 aromatic heterocycles. The molecular formula is C14H24Br2O4. The number of carbonyl (C=O) groups excluding carboxylic acids is 2. The lowest BCUT2D eigenvalue weighted by Gasteiger charge is -2.05. The summed E-state index contributed by atoms with van der Waals surface area (Å²) in [6.45, 7) is 0.972. The van der Waals surface area contributed by atoms with Crippen LogP contribution in [0.25, 0.3) is 0 Å². The third kappa shape index (κ3) is 14.3. The second kappa shape index (κ2) is 15.3. The highest BCUT2D eigenvalue weighted by Crippen LogP contribution is 2.04. The molecule has 0 unspecified atom stereocenters. The first-order valence-corrected chi connectivity index (χ1v) is 9.38. The molecular weight excluding hydrogens is 392 g/mol. The number of hydrogen-bond acceptors (Lipinski definition) is 4. The molecule has 0 bridgehead atoms. The van der Waals surface area contributed by atoms with Crippen LogP contribution in [0, 0.1) is 0 Å². The van der Waals surface area contributed by atoms with Crippen molar-refractivity contribution in [3.8, 4) is 0 Å². The van der Waals surface area contributed by atoms with Crippen LogP contribution in [0.1, 0.15) is 51.4 Å². The van der Waals surface area contributed by atoms with E-state index in [1.54, 1.807) is 0 Å². The maximum Gasteiger partial charge on any atom is 0.305 e. The lowest BCUT2D eigenvalue weighted by Crippen LogP contribution is -2.08. The van der Waals surface area contributed by atoms with E-state index in [-0.39, 0.29) is 11.9 Å². The molecule has 0 N–H and O–H groups in total. The SMILES string of the molecule is O=C(CCCCC(=O)OCCCCBr)OCCCCBr. The van der Waals surface area contributed by atoms with Crippen molar-refractivity contribution in [3.05, 3.63) is 0 Å². The Bertz CT molecular complexity index is 234. The van der Waals surface area contributed by atoms with Gasteiger partial charge >= 0.3 is 11.9 Å². The molecule has 6 heteroatoms. The molecule has 0 aromatic carbocycles. The lowest BCUT2D eigenvalue weighted by atomic mass is 10.2. The normalized spacial score (nSPS) is 10.3. The minimum atomic E-state index is -0.176. The molecule has 0 aliphatic carbocycles. The second-order valence-electron chi connectivity index (χ2n) is 4.44. The topological polar surface area (TPSA) is 52.6 Å². The summed E-state index contributed by atoms with van der Waals surface area (Å²) >= 11 is 6.64. The number of unbranched alkanes of at least 4 members (excludes halogenated alkanes) is 3. The van der Waals surface area contributed by atoms with Gasteiger partial charge in [0.1, 0.15) is 0 Å². The highest BCUT2D eigenvalue weighted by Gasteiger charge is 2.05. The van der Waals surface area contributed by atoms with Gasteiger partial charge in [0.15, 0.2) is 0 Å². The predicted octanol–water partition coefficient (Wildman–Crippen LogP) is 3.98. The van der Waals surface area contributed by atoms with E-state index in [1.165, 1.54) is 0 Å². The van der Waals surface area contributed by atoms with Crippen molar-refractivity contribution in [2.75, 3.05) is 23.9 Å². The summed E-state index contributed by atoms with van der Waals surface area (Å²) in [5, 5.41) is 1.87. The van der Waals surface area contributed by atoms with Gasteiger partial charge in [-0.1, -0.05) is 31.9 Å². The predicted molar refractivity (Wildman–Crippen MR) is 86.4 cm³/mol. The Morgan fingerprint density at radius 3 is 1.40 bits per heavy atom. The fourth-order valence-corrected chi connectivity index (χ4v) is 2.24. The quantitative estimate of drug-likeness (QED) is 0.259. The number of hydrogen-bond donors (Lipinski definition) is 0. The van der Waals surface area contributed by atoms with Crippen LogP contribution < -0.4 is 0 Å². The van der Waals surface area contributed by atoms with Crippen LogP contribution in [-0.2, 0) is 19.1 Å². The third-order valence-electron chi connectivity index (χ3n) is 2.59. The summed E-state index contributed by atoms with van der Waals surface area (Å²) in [5.74, 6) is -0.351. The summed E-state index contributed by atoms with van der Waals surface area (Å²) in [6, 6.07) is 0. The van der Waals surface area contributed by atoms with Gasteiger partial charge in [-0.3, -0.25) is 9.59 Å². The molecule has 0 fully saturated rings. The van der Waals surface area contributed by atoms with Crippen molar-refractivity contribution in [1.82, 2.24) is 0 Å². The van der Waals surface area contributed by atoms with Crippen LogP contribution in [0.2, 0.25) is 0 Å². The fraction of sp³-hybridized carbons (Fsp3) is 0.857. The Balaban J connectivity index is 3.32. The summed E-state index contributed by atoms with van der Waals surface area (Å²) in [5.41, 5.74) is 0. The Kier molecular flexibility index (Phi) is 15.2. The number of alkyl halides is 2. The monoisotopic (exact) mass is 414 g/mol. The van der Waals surface area contributed by atoms with E-state index in [0.717, 1.165) is 36.3 Å². The van der Waals surface area contributed by atoms with E-state index in [9.17, 15) is 9.59 Å². The molecule has 0 rings (SSSR count). The minimum absolute atomic E-state index is 0.176. The first kappa shape index (κ1) is 19.9. The van der Waals surface area contributed by atoms with Crippen molar-refractivity contribution in [1.29, 1.82) is 0 Å². The van der Waals surface area contributed by atoms with Gasteiger partial charge in [-0.25, -0.2) is 0 Å². The summed E-state index contributed by atoms with van der Waals surface area (Å²) in [6.07, 6.45) is 5.90. The zero-order chi connectivity index (χ0) is 15.1. The zero-order valence-electron chi connectivity index (χ0n) is 11.9. The highest BCUT2D eigenvalue weighted by molar-refractivity contribution is 9.09. The Hall–Kier alpha value is -0.100. The van der Waals surface area contributed by atoms with Gasteiger partial charge in [-0.15, -0.1) is 0 Å². The van der Waals surface area contributed by atoms with Crippen LogP contribution in [-0.4, -0.2) is 35.8 Å². The number of rotatable bonds is 13. The molecule has 4 nitrogen and oxygen atoms in total. The number of ether oxygens (including phenoxy) is 2. The largest absolute Gasteiger partial charge is 0.466 e. The Labute approximate surface area is 138 Å². The van der Waals surface area contributed by atoms with E-state index in [4.69, 9.17) is 9.47 Å². The number of carbonyl (C=O) groups is 2. The Morgan fingerprint density at radius 1 is 0.650 bits per heavy atom. The fourth-order valence-electron chi connectivity index (χ4n) is 1.45. The van der Waals surface area contributed by atoms with Gasteiger partial charge in [0, 0.05) is 23.5 Å². The standard InChI is InChI=1S/C14H24Br2O4/c15-9-3-5-11-19-13(17)7-1-2-8-14(18)20-12-6-4-10-16/h1-12H2. The molecule has 0 aliphatic rings. The smallest absolute Gasteiger partial charge is 0.305 e. The first-order valence-electron chi connectivity index (χ1n) is 7.14. The van der Waals surface area contributed by atoms with Gasteiger partial charge < -0.3 is 9.47 Å². The van der Waals surface area contributed by atoms with E-state index in [1.807, 2.05) is 0 Å². The van der Waals surface area contributed by atoms with Crippen LogP contribution in [0.5, 0.6) is 0 Å². The van der Waals surface area contributed by atoms with Crippen molar-refractivity contribution in [3.63, 3.8) is 0 Å². The molecule has 118 valence electrons. The molecule has 0 saturated heterocycles. The van der Waals surface area contributed by atoms with Gasteiger partial charge in [-0.2, -0.15) is 0 Å². The average Bonchev–Trinajstić information content (AvgIpc) is 2.44. The van der Waals surface area contributed by atoms with Gasteiger partial charge in [0.25, 0.3) is 0 Å². The Morgan fingerprint density at radius 2 is 1.05 bits per heavy atom. The van der Waals surface area contributed by atoms with Crippen molar-refractivity contribution < 1.29 is 19.1 Å². The lowest BCUT2D eigenvalue weighted by molar-refractivity contribution is -0.146. The van der Waals surface area contributed by atoms with Gasteiger partial charge in [0.2, 0.25) is 0 Å². The molecule has 0 spiro atoms. The maximum atomic E-state index is 11.3. The highest BCUT2D eigenvalue weighted by atomic mass is 79.9. The second-order valence-corrected chi connectivity index (χ2v) is 6.03. The van der Waals surface area contributed by atoms with Crippen LogP contribution in [0.15, 0.2) is 0 Å². The summed E-state index contributed by atoms with van der Waals surface area (Å²) in [4.78, 5) is 22.7. The third-order valence-corrected chi connectivity index (χ3v) is 3.72. The summed E-state index contributed by atoms with van der Waals surface area (Å²) in [7, 11) is 0. The number of esters is 2. The molecule has 0 saturated carbocycles. The molecule has 0 amide bonds. The van der Waals surface area contributed by atoms with E-state index in [0.29, 0.717) is 38.9 Å². The molecule has 0 heterocycles. The van der Waals surface area contributed by atoms with Gasteiger partial charge in [-0.05, 0) is 38.5 Å². The van der Waals surface area contributed by atoms with Gasteiger partial charge in [0.05, 0.1) is 13.2 Å². The van der Waals surface area contributed by atoms with Crippen LogP contribution in [0.3, 0.4) is 0 Å². The van der Waals surface area contributed by atoms with Crippen molar-refractivity contribution in [2.45, 2.75) is 51.4 Å². The molecule has 0 radical (unpaired) electrons. The van der Waals surface area contributed by atoms with Crippen molar-refractivity contribution in [2.24, 2.45) is 0 Å². The molecule has 0 aliphatic heterocycles. The molecule has 0 atom stereocenters.